The SMILES string of the molecule is CN(NC(=S)OC(=S)NN(C)C(=O)c1ccccc1)C(=O)c1ccccc1. The molecule has 0 aliphatic rings. The van der Waals surface area contributed by atoms with Gasteiger partial charge in [0.15, 0.2) is 0 Å². The fourth-order valence-electron chi connectivity index (χ4n) is 2.05. The van der Waals surface area contributed by atoms with Gasteiger partial charge in [0.05, 0.1) is 0 Å². The van der Waals surface area contributed by atoms with Gasteiger partial charge in [0.2, 0.25) is 0 Å². The Hall–Kier alpha value is -3.04. The molecule has 7 nitrogen and oxygen atoms in total. The first-order valence-corrected chi connectivity index (χ1v) is 8.65. The van der Waals surface area contributed by atoms with Crippen molar-refractivity contribution in [2.24, 2.45) is 0 Å². The smallest absolute Gasteiger partial charge is 0.283 e. The van der Waals surface area contributed by atoms with Gasteiger partial charge in [-0.15, -0.1) is 0 Å². The Balaban J connectivity index is 1.83. The minimum Gasteiger partial charge on any atom is -0.402 e. The van der Waals surface area contributed by atoms with Crippen LogP contribution in [-0.4, -0.2) is 46.3 Å². The van der Waals surface area contributed by atoms with E-state index in [0.717, 1.165) is 0 Å². The summed E-state index contributed by atoms with van der Waals surface area (Å²) in [5.74, 6) is -0.589. The number of nitrogens with one attached hydrogen (secondary N) is 2. The Labute approximate surface area is 167 Å². The van der Waals surface area contributed by atoms with Gasteiger partial charge in [-0.2, -0.15) is 0 Å². The first-order chi connectivity index (χ1) is 12.9. The largest absolute Gasteiger partial charge is 0.402 e. The van der Waals surface area contributed by atoms with Crippen molar-refractivity contribution < 1.29 is 14.3 Å². The van der Waals surface area contributed by atoms with Crippen molar-refractivity contribution in [3.8, 4) is 0 Å². The number of carbonyl (C=O) groups is 2. The summed E-state index contributed by atoms with van der Waals surface area (Å²) in [4.78, 5) is 24.5. The number of ether oxygens (including phenoxy) is 1. The van der Waals surface area contributed by atoms with E-state index in [-0.39, 0.29) is 22.2 Å². The van der Waals surface area contributed by atoms with Crippen LogP contribution in [-0.2, 0) is 4.74 Å². The summed E-state index contributed by atoms with van der Waals surface area (Å²) in [6, 6.07) is 17.4. The number of benzene rings is 2. The normalized spacial score (nSPS) is 9.70. The van der Waals surface area contributed by atoms with Gasteiger partial charge in [-0.3, -0.25) is 30.5 Å². The second kappa shape index (κ2) is 9.60. The molecule has 0 atom stereocenters. The third kappa shape index (κ3) is 6.01. The summed E-state index contributed by atoms with van der Waals surface area (Å²) >= 11 is 10.1. The predicted octanol–water partition coefficient (Wildman–Crippen LogP) is 2.13. The van der Waals surface area contributed by atoms with E-state index in [2.05, 4.69) is 10.9 Å². The summed E-state index contributed by atoms with van der Waals surface area (Å²) in [5.41, 5.74) is 6.19. The lowest BCUT2D eigenvalue weighted by Crippen LogP contribution is -2.48. The number of hydrogen-bond acceptors (Lipinski definition) is 5. The van der Waals surface area contributed by atoms with E-state index in [0.29, 0.717) is 11.1 Å². The molecule has 0 aromatic heterocycles. The van der Waals surface area contributed by atoms with E-state index < -0.39 is 0 Å². The highest BCUT2D eigenvalue weighted by Crippen LogP contribution is 2.03. The van der Waals surface area contributed by atoms with Gasteiger partial charge in [0, 0.05) is 25.2 Å². The van der Waals surface area contributed by atoms with Crippen LogP contribution >= 0.6 is 24.4 Å². The number of amides is 2. The third-order valence-corrected chi connectivity index (χ3v) is 3.70. The van der Waals surface area contributed by atoms with Crippen LogP contribution in [0.15, 0.2) is 60.7 Å². The number of thiocarbonyl (C=S) groups is 2. The first kappa shape index (κ1) is 20.3. The zero-order valence-corrected chi connectivity index (χ0v) is 16.3. The molecule has 27 heavy (non-hydrogen) atoms. The van der Waals surface area contributed by atoms with Gasteiger partial charge in [-0.25, -0.2) is 0 Å². The van der Waals surface area contributed by atoms with E-state index in [1.54, 1.807) is 48.5 Å². The van der Waals surface area contributed by atoms with Crippen molar-refractivity contribution in [2.75, 3.05) is 14.1 Å². The maximum atomic E-state index is 12.2. The number of hydrazine groups is 2. The van der Waals surface area contributed by atoms with Crippen molar-refractivity contribution in [1.82, 2.24) is 20.9 Å². The van der Waals surface area contributed by atoms with Crippen LogP contribution in [0.1, 0.15) is 20.7 Å². The summed E-state index contributed by atoms with van der Waals surface area (Å²) < 4.78 is 5.22. The van der Waals surface area contributed by atoms with Crippen molar-refractivity contribution in [1.29, 1.82) is 0 Å². The van der Waals surface area contributed by atoms with Gasteiger partial charge in [-0.05, 0) is 48.7 Å². The molecule has 0 aliphatic carbocycles. The number of hydrogen-bond donors (Lipinski definition) is 2. The molecule has 0 unspecified atom stereocenters. The Morgan fingerprint density at radius 3 is 1.41 bits per heavy atom. The highest BCUT2D eigenvalue weighted by atomic mass is 32.1. The molecule has 9 heteroatoms. The zero-order valence-electron chi connectivity index (χ0n) is 14.7. The van der Waals surface area contributed by atoms with Crippen molar-refractivity contribution >= 4 is 46.6 Å². The Morgan fingerprint density at radius 1 is 0.741 bits per heavy atom. The van der Waals surface area contributed by atoms with E-state index in [9.17, 15) is 9.59 Å². The second-order valence-corrected chi connectivity index (χ2v) is 6.10. The van der Waals surface area contributed by atoms with Crippen LogP contribution in [0, 0.1) is 0 Å². The lowest BCUT2D eigenvalue weighted by Gasteiger charge is -2.22. The highest BCUT2D eigenvalue weighted by Gasteiger charge is 2.16. The fraction of sp³-hybridized carbons (Fsp3) is 0.111. The van der Waals surface area contributed by atoms with Crippen molar-refractivity contribution in [3.05, 3.63) is 71.8 Å². The first-order valence-electron chi connectivity index (χ1n) is 7.83. The average molecular weight is 403 g/mol. The number of carbonyl (C=O) groups excluding carboxylic acids is 2. The summed E-state index contributed by atoms with van der Waals surface area (Å²) in [5, 5.41) is 2.08. The van der Waals surface area contributed by atoms with E-state index >= 15 is 0 Å². The quantitative estimate of drug-likeness (QED) is 0.589. The van der Waals surface area contributed by atoms with Crippen LogP contribution in [0.5, 0.6) is 0 Å². The van der Waals surface area contributed by atoms with E-state index in [1.807, 2.05) is 12.1 Å². The highest BCUT2D eigenvalue weighted by molar-refractivity contribution is 7.81. The standard InChI is InChI=1S/C18H18N4O3S2/c1-21(15(23)13-9-5-3-6-10-13)19-17(26)25-18(27)20-22(2)16(24)14-11-7-4-8-12-14/h3-12H,1-2H3,(H,19,26)(H,20,27). The molecule has 0 saturated carbocycles. The van der Waals surface area contributed by atoms with Crippen molar-refractivity contribution in [2.45, 2.75) is 0 Å². The van der Waals surface area contributed by atoms with E-state index in [1.165, 1.54) is 24.1 Å². The Kier molecular flexibility index (Phi) is 7.21. The fourth-order valence-corrected chi connectivity index (χ4v) is 2.55. The van der Waals surface area contributed by atoms with Gasteiger partial charge < -0.3 is 4.74 Å². The number of rotatable bonds is 2. The molecular weight excluding hydrogens is 384 g/mol. The molecule has 0 bridgehead atoms. The molecule has 2 rings (SSSR count). The minimum atomic E-state index is -0.295. The molecule has 0 heterocycles. The molecule has 2 aromatic rings. The molecule has 2 aromatic carbocycles. The maximum absolute atomic E-state index is 12.2. The molecule has 2 N–H and O–H groups in total. The molecular formula is C18H18N4O3S2. The monoisotopic (exact) mass is 402 g/mol. The topological polar surface area (TPSA) is 73.9 Å². The molecule has 0 saturated heterocycles. The van der Waals surface area contributed by atoms with Gasteiger partial charge in [0.25, 0.3) is 22.2 Å². The molecule has 0 spiro atoms. The molecule has 0 radical (unpaired) electrons. The molecule has 0 fully saturated rings. The van der Waals surface area contributed by atoms with Gasteiger partial charge in [-0.1, -0.05) is 36.4 Å². The molecule has 140 valence electrons. The van der Waals surface area contributed by atoms with Gasteiger partial charge in [0.1, 0.15) is 0 Å². The molecule has 2 amide bonds. The maximum Gasteiger partial charge on any atom is 0.283 e. The van der Waals surface area contributed by atoms with Crippen molar-refractivity contribution in [3.63, 3.8) is 0 Å². The molecule has 0 aliphatic heterocycles. The summed E-state index contributed by atoms with van der Waals surface area (Å²) in [7, 11) is 3.01. The third-order valence-electron chi connectivity index (χ3n) is 3.35. The van der Waals surface area contributed by atoms with Crippen LogP contribution in [0.4, 0.5) is 0 Å². The Morgan fingerprint density at radius 2 is 1.07 bits per heavy atom. The average Bonchev–Trinajstić information content (AvgIpc) is 2.67. The summed E-state index contributed by atoms with van der Waals surface area (Å²) in [6.07, 6.45) is 0. The van der Waals surface area contributed by atoms with E-state index in [4.69, 9.17) is 29.2 Å². The Bertz CT molecular complexity index is 762. The number of nitrogens with zero attached hydrogens (tertiary/aromatic N) is 2. The van der Waals surface area contributed by atoms with Crippen LogP contribution < -0.4 is 10.9 Å². The minimum absolute atomic E-state index is 0.139. The predicted molar refractivity (Wildman–Crippen MR) is 110 cm³/mol. The lowest BCUT2D eigenvalue weighted by molar-refractivity contribution is 0.0745. The lowest BCUT2D eigenvalue weighted by atomic mass is 10.2. The van der Waals surface area contributed by atoms with Crippen LogP contribution in [0.2, 0.25) is 0 Å². The summed E-state index contributed by atoms with van der Waals surface area (Å²) in [6.45, 7) is 0. The second-order valence-electron chi connectivity index (χ2n) is 5.36. The van der Waals surface area contributed by atoms with Crippen LogP contribution in [0.25, 0.3) is 0 Å². The van der Waals surface area contributed by atoms with Crippen LogP contribution in [0.3, 0.4) is 0 Å². The zero-order chi connectivity index (χ0) is 19.8. The van der Waals surface area contributed by atoms with Gasteiger partial charge >= 0.3 is 0 Å².